The zero-order valence-electron chi connectivity index (χ0n) is 19.6. The summed E-state index contributed by atoms with van der Waals surface area (Å²) in [5, 5.41) is 15.5. The Bertz CT molecular complexity index is 1050. The number of benzene rings is 2. The lowest BCUT2D eigenvalue weighted by molar-refractivity contribution is -0.168. The number of rotatable bonds is 6. The highest BCUT2D eigenvalue weighted by Gasteiger charge is 2.53. The van der Waals surface area contributed by atoms with E-state index in [0.717, 1.165) is 22.3 Å². The highest BCUT2D eigenvalue weighted by molar-refractivity contribution is 5.90. The van der Waals surface area contributed by atoms with Crippen LogP contribution in [-0.4, -0.2) is 54.5 Å². The number of esters is 1. The molecule has 1 fully saturated rings. The molecule has 1 aliphatic heterocycles. The van der Waals surface area contributed by atoms with Crippen LogP contribution in [0.4, 0.5) is 4.79 Å². The first-order valence-corrected chi connectivity index (χ1v) is 11.4. The predicted molar refractivity (Wildman–Crippen MR) is 125 cm³/mol. The molecule has 8 nitrogen and oxygen atoms in total. The van der Waals surface area contributed by atoms with Crippen LogP contribution in [-0.2, 0) is 19.1 Å². The molecule has 8 heteroatoms. The van der Waals surface area contributed by atoms with Crippen LogP contribution < -0.4 is 10.6 Å². The fourth-order valence-corrected chi connectivity index (χ4v) is 4.80. The lowest BCUT2D eigenvalue weighted by Gasteiger charge is -2.33. The number of hydrogen-bond donors (Lipinski definition) is 3. The third kappa shape index (κ3) is 4.50. The van der Waals surface area contributed by atoms with E-state index in [1.54, 1.807) is 20.8 Å². The molecule has 2 atom stereocenters. The normalized spacial score (nSPS) is 20.2. The van der Waals surface area contributed by atoms with Crippen LogP contribution in [0.1, 0.15) is 44.2 Å². The van der Waals surface area contributed by atoms with Crippen molar-refractivity contribution in [1.29, 1.82) is 0 Å². The molecular weight excluding hydrogens is 436 g/mol. The fraction of sp³-hybridized carbons (Fsp3) is 0.423. The lowest BCUT2D eigenvalue weighted by Crippen LogP contribution is -2.58. The van der Waals surface area contributed by atoms with Crippen molar-refractivity contribution in [3.63, 3.8) is 0 Å². The number of amides is 1. The first-order valence-electron chi connectivity index (χ1n) is 11.4. The van der Waals surface area contributed by atoms with E-state index in [9.17, 15) is 19.5 Å². The number of carbonyl (C=O) groups excluding carboxylic acids is 2. The second-order valence-electron chi connectivity index (χ2n) is 9.82. The Kier molecular flexibility index (Phi) is 6.36. The molecule has 0 saturated carbocycles. The van der Waals surface area contributed by atoms with Gasteiger partial charge in [0.2, 0.25) is 0 Å². The molecule has 2 aromatic rings. The summed E-state index contributed by atoms with van der Waals surface area (Å²) in [5.41, 5.74) is 1.95. The van der Waals surface area contributed by atoms with Gasteiger partial charge in [0, 0.05) is 12.5 Å². The minimum atomic E-state index is -1.52. The fourth-order valence-electron chi connectivity index (χ4n) is 4.80. The van der Waals surface area contributed by atoms with Crippen LogP contribution in [0.5, 0.6) is 0 Å². The summed E-state index contributed by atoms with van der Waals surface area (Å²) in [5.74, 6) is -2.13. The van der Waals surface area contributed by atoms with E-state index in [1.165, 1.54) is 0 Å². The van der Waals surface area contributed by atoms with E-state index in [4.69, 9.17) is 9.47 Å². The van der Waals surface area contributed by atoms with E-state index in [1.807, 2.05) is 48.5 Å². The first kappa shape index (κ1) is 23.8. The minimum Gasteiger partial charge on any atom is -0.481 e. The summed E-state index contributed by atoms with van der Waals surface area (Å²) in [6.45, 7) is 5.58. The molecule has 0 radical (unpaired) electrons. The van der Waals surface area contributed by atoms with Gasteiger partial charge in [-0.2, -0.15) is 0 Å². The average molecular weight is 467 g/mol. The van der Waals surface area contributed by atoms with Crippen molar-refractivity contribution in [3.8, 4) is 11.1 Å². The molecule has 1 aliphatic carbocycles. The van der Waals surface area contributed by atoms with E-state index in [2.05, 4.69) is 10.6 Å². The van der Waals surface area contributed by atoms with Gasteiger partial charge in [-0.3, -0.25) is 4.79 Å². The Hall–Kier alpha value is -3.39. The number of aliphatic carboxylic acids is 1. The lowest BCUT2D eigenvalue weighted by atomic mass is 9.79. The number of fused-ring (bicyclic) bond motifs is 3. The molecule has 3 N–H and O–H groups in total. The topological polar surface area (TPSA) is 114 Å². The van der Waals surface area contributed by atoms with E-state index < -0.39 is 35.1 Å². The standard InChI is InChI=1S/C26H30N2O6/c1-25(2,3)34-22(29)21(26(23(30)31)12-13-27-15-26)28-24(32)33-14-20-18-10-6-4-8-16(18)17-9-5-7-11-19(17)20/h4-11,20-21,27H,12-15H2,1-3H3,(H,28,32)(H,30,31)/t21?,26-/m0/s1. The van der Waals surface area contributed by atoms with Crippen molar-refractivity contribution >= 4 is 18.0 Å². The molecule has 2 aromatic carbocycles. The van der Waals surface area contributed by atoms with Gasteiger partial charge in [-0.25, -0.2) is 9.59 Å². The first-order chi connectivity index (χ1) is 16.1. The molecule has 2 aliphatic rings. The van der Waals surface area contributed by atoms with Gasteiger partial charge in [-0.05, 0) is 56.0 Å². The van der Waals surface area contributed by atoms with Crippen molar-refractivity contribution in [3.05, 3.63) is 59.7 Å². The largest absolute Gasteiger partial charge is 0.481 e. The highest BCUT2D eigenvalue weighted by Crippen LogP contribution is 2.44. The molecule has 0 spiro atoms. The van der Waals surface area contributed by atoms with Crippen LogP contribution in [0.3, 0.4) is 0 Å². The number of carboxylic acids is 1. The van der Waals surface area contributed by atoms with E-state index in [-0.39, 0.29) is 25.5 Å². The summed E-state index contributed by atoms with van der Waals surface area (Å²) in [6, 6.07) is 14.5. The molecule has 1 saturated heterocycles. The van der Waals surface area contributed by atoms with Gasteiger partial charge in [0.25, 0.3) is 0 Å². The molecular formula is C26H30N2O6. The van der Waals surface area contributed by atoms with Crippen LogP contribution in [0.2, 0.25) is 0 Å². The van der Waals surface area contributed by atoms with Gasteiger partial charge in [0.05, 0.1) is 0 Å². The smallest absolute Gasteiger partial charge is 0.407 e. The molecule has 0 aromatic heterocycles. The summed E-state index contributed by atoms with van der Waals surface area (Å²) < 4.78 is 11.0. The van der Waals surface area contributed by atoms with E-state index >= 15 is 0 Å². The summed E-state index contributed by atoms with van der Waals surface area (Å²) in [7, 11) is 0. The summed E-state index contributed by atoms with van der Waals surface area (Å²) in [4.78, 5) is 38.1. The highest BCUT2D eigenvalue weighted by atomic mass is 16.6. The number of ether oxygens (including phenoxy) is 2. The Morgan fingerprint density at radius 1 is 1.09 bits per heavy atom. The van der Waals surface area contributed by atoms with Gasteiger partial charge in [-0.15, -0.1) is 0 Å². The minimum absolute atomic E-state index is 0.0376. The van der Waals surface area contributed by atoms with Crippen molar-refractivity contribution in [1.82, 2.24) is 10.6 Å². The predicted octanol–water partition coefficient (Wildman–Crippen LogP) is 3.30. The van der Waals surface area contributed by atoms with Gasteiger partial charge in [-0.1, -0.05) is 48.5 Å². The summed E-state index contributed by atoms with van der Waals surface area (Å²) in [6.07, 6.45) is -0.680. The van der Waals surface area contributed by atoms with Crippen LogP contribution in [0.25, 0.3) is 11.1 Å². The van der Waals surface area contributed by atoms with Gasteiger partial charge >= 0.3 is 18.0 Å². The second kappa shape index (κ2) is 9.10. The molecule has 1 unspecified atom stereocenters. The van der Waals surface area contributed by atoms with Crippen molar-refractivity contribution in [2.75, 3.05) is 19.7 Å². The Labute approximate surface area is 198 Å². The Balaban J connectivity index is 1.53. The zero-order chi connectivity index (χ0) is 24.5. The molecule has 34 heavy (non-hydrogen) atoms. The van der Waals surface area contributed by atoms with Gasteiger partial charge in [0.1, 0.15) is 23.7 Å². The van der Waals surface area contributed by atoms with Gasteiger partial charge < -0.3 is 25.2 Å². The monoisotopic (exact) mass is 466 g/mol. The number of hydrogen-bond acceptors (Lipinski definition) is 6. The molecule has 0 bridgehead atoms. The van der Waals surface area contributed by atoms with Crippen LogP contribution >= 0.6 is 0 Å². The van der Waals surface area contributed by atoms with Crippen molar-refractivity contribution in [2.45, 2.75) is 44.8 Å². The quantitative estimate of drug-likeness (QED) is 0.560. The molecule has 1 heterocycles. The number of nitrogens with one attached hydrogen (secondary N) is 2. The van der Waals surface area contributed by atoms with Gasteiger partial charge in [0.15, 0.2) is 0 Å². The molecule has 1 amide bonds. The van der Waals surface area contributed by atoms with Crippen molar-refractivity contribution < 1.29 is 29.0 Å². The SMILES string of the molecule is CC(C)(C)OC(=O)C(NC(=O)OCC1c2ccccc2-c2ccccc21)[C@]1(C(=O)O)CCNC1. The zero-order valence-corrected chi connectivity index (χ0v) is 19.6. The Morgan fingerprint density at radius 2 is 1.68 bits per heavy atom. The maximum atomic E-state index is 13.0. The maximum absolute atomic E-state index is 13.0. The number of alkyl carbamates (subject to hydrolysis) is 1. The summed E-state index contributed by atoms with van der Waals surface area (Å²) >= 11 is 0. The molecule has 180 valence electrons. The third-order valence-electron chi connectivity index (χ3n) is 6.42. The van der Waals surface area contributed by atoms with Crippen LogP contribution in [0, 0.1) is 5.41 Å². The molecule has 4 rings (SSSR count). The Morgan fingerprint density at radius 3 is 2.18 bits per heavy atom. The van der Waals surface area contributed by atoms with E-state index in [0.29, 0.717) is 6.54 Å². The number of carbonyl (C=O) groups is 3. The second-order valence-corrected chi connectivity index (χ2v) is 9.82. The number of carboxylic acid groups (broad SMARTS) is 1. The maximum Gasteiger partial charge on any atom is 0.407 e. The average Bonchev–Trinajstić information content (AvgIpc) is 3.39. The van der Waals surface area contributed by atoms with Crippen LogP contribution in [0.15, 0.2) is 48.5 Å². The third-order valence-corrected chi connectivity index (χ3v) is 6.42. The van der Waals surface area contributed by atoms with Crippen molar-refractivity contribution in [2.24, 2.45) is 5.41 Å².